The highest BCUT2D eigenvalue weighted by Crippen LogP contribution is 2.40. The van der Waals surface area contributed by atoms with E-state index in [1.165, 1.54) is 23.2 Å². The number of hydrogen-bond acceptors (Lipinski definition) is 11. The van der Waals surface area contributed by atoms with Crippen molar-refractivity contribution in [3.05, 3.63) is 65.1 Å². The number of rotatable bonds is 14. The van der Waals surface area contributed by atoms with Gasteiger partial charge in [0.1, 0.15) is 28.6 Å². The van der Waals surface area contributed by atoms with E-state index in [1.54, 1.807) is 24.9 Å². The van der Waals surface area contributed by atoms with Gasteiger partial charge in [-0.1, -0.05) is 90.5 Å². The molecule has 0 saturated carbocycles. The summed E-state index contributed by atoms with van der Waals surface area (Å²) in [7, 11) is 0.635. The molecule has 2 heterocycles. The highest BCUT2D eigenvalue weighted by atomic mass is 32.2. The highest BCUT2D eigenvalue weighted by Gasteiger charge is 2.20. The number of nitrogens with one attached hydrogen (secondary N) is 1. The van der Waals surface area contributed by atoms with Crippen LogP contribution in [0.15, 0.2) is 68.8 Å². The predicted octanol–water partition coefficient (Wildman–Crippen LogP) is 10.6. The molecular weight excluding hydrogens is 615 g/mol. The summed E-state index contributed by atoms with van der Waals surface area (Å²) in [6.45, 7) is 19.2. The molecule has 0 aliphatic rings. The number of thiophene rings is 1. The third kappa shape index (κ3) is 13.0. The number of hydrogen-bond donors (Lipinski definition) is 1. The highest BCUT2D eigenvalue weighted by molar-refractivity contribution is 7.87. The molecule has 0 aliphatic carbocycles. The van der Waals surface area contributed by atoms with Crippen LogP contribution in [0.2, 0.25) is 0 Å². The van der Waals surface area contributed by atoms with Crippen molar-refractivity contribution in [3.63, 3.8) is 0 Å². The van der Waals surface area contributed by atoms with Crippen LogP contribution in [0.4, 0.5) is 33.0 Å². The number of anilines is 2. The van der Waals surface area contributed by atoms with Crippen LogP contribution in [0.25, 0.3) is 0 Å². The Morgan fingerprint density at radius 1 is 1.11 bits per heavy atom. The Kier molecular flexibility index (Phi) is 19.3. The fourth-order valence-electron chi connectivity index (χ4n) is 3.40. The predicted molar refractivity (Wildman–Crippen MR) is 194 cm³/mol. The van der Waals surface area contributed by atoms with Crippen molar-refractivity contribution in [2.24, 2.45) is 26.4 Å². The van der Waals surface area contributed by atoms with Gasteiger partial charge in [0.15, 0.2) is 10.8 Å². The lowest BCUT2D eigenvalue weighted by atomic mass is 10.1. The molecule has 0 radical (unpaired) electrons. The van der Waals surface area contributed by atoms with E-state index < -0.39 is 10.8 Å². The van der Waals surface area contributed by atoms with Gasteiger partial charge < -0.3 is 10.2 Å². The average molecular weight is 662 g/mol. The Morgan fingerprint density at radius 3 is 2.35 bits per heavy atom. The summed E-state index contributed by atoms with van der Waals surface area (Å²) in [5, 5.41) is 42.5. The molecule has 3 aromatic rings. The van der Waals surface area contributed by atoms with Crippen LogP contribution < -0.4 is 10.2 Å². The van der Waals surface area contributed by atoms with Crippen molar-refractivity contribution >= 4 is 55.1 Å². The molecule has 12 heteroatoms. The summed E-state index contributed by atoms with van der Waals surface area (Å²) in [5.74, 6) is 2.20. The van der Waals surface area contributed by atoms with E-state index in [-0.39, 0.29) is 0 Å². The normalized spacial score (nSPS) is 11.2. The second kappa shape index (κ2) is 22.3. The van der Waals surface area contributed by atoms with Crippen molar-refractivity contribution < 1.29 is 4.21 Å². The monoisotopic (exact) mass is 661 g/mol. The van der Waals surface area contributed by atoms with Crippen LogP contribution in [-0.4, -0.2) is 35.1 Å². The van der Waals surface area contributed by atoms with Crippen LogP contribution in [-0.2, 0) is 10.8 Å². The standard InChI is InChI=1S/C27H29N9OS2.C5H12.C2H6/c1-5-7-13-30-25-24(19(3)22(18-29)26(31-25)36(4)14-15-39(37)6-2)34-35-27-20(17-28)16-23(38-27)33-32-21-11-9-8-10-12-21;1-4-5(2)3;1-2/h6,8-12,16H,2,5,7,13-15H2,1,3-4H3,(H,30,31);5H,4H2,1-3H3;1-2H3. The van der Waals surface area contributed by atoms with E-state index in [4.69, 9.17) is 4.98 Å². The van der Waals surface area contributed by atoms with Gasteiger partial charge >= 0.3 is 0 Å². The van der Waals surface area contributed by atoms with E-state index in [9.17, 15) is 14.7 Å². The van der Waals surface area contributed by atoms with Crippen molar-refractivity contribution in [1.29, 1.82) is 10.5 Å². The zero-order valence-corrected chi connectivity index (χ0v) is 30.0. The van der Waals surface area contributed by atoms with Gasteiger partial charge in [-0.15, -0.1) is 20.5 Å². The van der Waals surface area contributed by atoms with Gasteiger partial charge in [0.05, 0.1) is 16.8 Å². The van der Waals surface area contributed by atoms with Gasteiger partial charge in [0.25, 0.3) is 0 Å². The third-order valence-corrected chi connectivity index (χ3v) is 8.26. The van der Waals surface area contributed by atoms with Gasteiger partial charge in [-0.25, -0.2) is 4.98 Å². The molecule has 3 rings (SSSR count). The molecule has 46 heavy (non-hydrogen) atoms. The van der Waals surface area contributed by atoms with Crippen molar-refractivity contribution in [3.8, 4) is 12.1 Å². The summed E-state index contributed by atoms with van der Waals surface area (Å²) in [4.78, 5) is 6.52. The minimum atomic E-state index is -1.17. The number of nitrogens with zero attached hydrogens (tertiary/aromatic N) is 8. The van der Waals surface area contributed by atoms with Crippen LogP contribution in [0.1, 0.15) is 77.5 Å². The lowest BCUT2D eigenvalue weighted by Crippen LogP contribution is -2.25. The molecule has 2 aromatic heterocycles. The molecule has 1 N–H and O–H groups in total. The quantitative estimate of drug-likeness (QED) is 0.134. The van der Waals surface area contributed by atoms with E-state index in [0.717, 1.165) is 18.8 Å². The van der Waals surface area contributed by atoms with E-state index >= 15 is 0 Å². The number of pyridine rings is 1. The van der Waals surface area contributed by atoms with Crippen molar-refractivity contribution in [2.75, 3.05) is 36.1 Å². The number of nitriles is 2. The molecule has 0 fully saturated rings. The fraction of sp³-hybridized carbons (Fsp3) is 0.441. The summed E-state index contributed by atoms with van der Waals surface area (Å²) in [6.07, 6.45) is 3.21. The van der Waals surface area contributed by atoms with Gasteiger partial charge in [0, 0.05) is 42.3 Å². The van der Waals surface area contributed by atoms with Crippen LogP contribution >= 0.6 is 11.3 Å². The Morgan fingerprint density at radius 2 is 1.78 bits per heavy atom. The van der Waals surface area contributed by atoms with E-state index in [2.05, 4.69) is 72.2 Å². The topological polar surface area (TPSA) is 142 Å². The lowest BCUT2D eigenvalue weighted by Gasteiger charge is -2.22. The largest absolute Gasteiger partial charge is 0.368 e. The molecule has 0 spiro atoms. The van der Waals surface area contributed by atoms with Gasteiger partial charge in [-0.05, 0) is 42.9 Å². The maximum absolute atomic E-state index is 11.9. The van der Waals surface area contributed by atoms with E-state index in [1.807, 2.05) is 44.2 Å². The fourth-order valence-corrected chi connectivity index (χ4v) is 4.78. The molecule has 1 aromatic carbocycles. The summed E-state index contributed by atoms with van der Waals surface area (Å²) < 4.78 is 11.9. The maximum Gasteiger partial charge on any atom is 0.158 e. The van der Waals surface area contributed by atoms with Crippen molar-refractivity contribution in [1.82, 2.24) is 4.98 Å². The molecule has 0 saturated heterocycles. The van der Waals surface area contributed by atoms with Crippen molar-refractivity contribution in [2.45, 2.75) is 67.7 Å². The number of benzene rings is 1. The first-order valence-corrected chi connectivity index (χ1v) is 17.7. The first-order chi connectivity index (χ1) is 22.2. The first-order valence-electron chi connectivity index (χ1n) is 15.5. The van der Waals surface area contributed by atoms with Gasteiger partial charge in [0.2, 0.25) is 0 Å². The summed E-state index contributed by atoms with van der Waals surface area (Å²) in [6, 6.07) is 15.3. The second-order valence-corrected chi connectivity index (χ2v) is 12.7. The van der Waals surface area contributed by atoms with Crippen LogP contribution in [0.5, 0.6) is 0 Å². The molecule has 1 unspecified atom stereocenters. The Hall–Kier alpha value is -4.26. The number of aromatic nitrogens is 1. The summed E-state index contributed by atoms with van der Waals surface area (Å²) in [5.41, 5.74) is 2.38. The molecular formula is C34H47N9OS2. The molecule has 246 valence electrons. The third-order valence-electron chi connectivity index (χ3n) is 6.40. The Balaban J connectivity index is 0.00000137. The Bertz CT molecular complexity index is 1530. The molecule has 10 nitrogen and oxygen atoms in total. The molecule has 0 amide bonds. The van der Waals surface area contributed by atoms with Crippen LogP contribution in [0.3, 0.4) is 0 Å². The van der Waals surface area contributed by atoms with Gasteiger partial charge in [-0.2, -0.15) is 10.5 Å². The minimum Gasteiger partial charge on any atom is -0.368 e. The van der Waals surface area contributed by atoms with E-state index in [0.29, 0.717) is 68.5 Å². The molecule has 1 atom stereocenters. The average Bonchev–Trinajstić information content (AvgIpc) is 3.49. The molecule has 0 aliphatic heterocycles. The number of azo groups is 2. The number of unbranched alkanes of at least 4 members (excludes halogenated alkanes) is 1. The SMILES string of the molecule is C=CS(=O)CCN(C)c1nc(NCCCC)c(N=Nc2sc(N=Nc3ccccc3)cc2C#N)c(C)c1C#N.CC.CCC(C)C. The zero-order chi connectivity index (χ0) is 34.5. The summed E-state index contributed by atoms with van der Waals surface area (Å²) >= 11 is 1.19. The smallest absolute Gasteiger partial charge is 0.158 e. The second-order valence-electron chi connectivity index (χ2n) is 10.2. The lowest BCUT2D eigenvalue weighted by molar-refractivity contribution is 0.626. The first kappa shape index (κ1) is 39.8. The minimum absolute atomic E-state index is 0.323. The maximum atomic E-state index is 11.9. The van der Waals surface area contributed by atoms with Gasteiger partial charge in [-0.3, -0.25) is 4.21 Å². The van der Waals surface area contributed by atoms with Crippen LogP contribution in [0, 0.1) is 35.5 Å². The molecule has 0 bridgehead atoms. The zero-order valence-electron chi connectivity index (χ0n) is 28.4. The Labute approximate surface area is 281 Å².